The molecular weight excluding hydrogens is 362 g/mol. The number of aromatic nitrogens is 2. The van der Waals surface area contributed by atoms with Crippen LogP contribution >= 0.6 is 0 Å². The van der Waals surface area contributed by atoms with Crippen molar-refractivity contribution in [2.45, 2.75) is 13.1 Å². The van der Waals surface area contributed by atoms with Crippen LogP contribution in [-0.4, -0.2) is 27.4 Å². The van der Waals surface area contributed by atoms with Crippen molar-refractivity contribution in [1.29, 1.82) is 0 Å². The largest absolute Gasteiger partial charge is 0.337 e. The van der Waals surface area contributed by atoms with Crippen LogP contribution in [0.5, 0.6) is 0 Å². The van der Waals surface area contributed by atoms with Gasteiger partial charge in [0.05, 0.1) is 23.8 Å². The van der Waals surface area contributed by atoms with Gasteiger partial charge in [0.25, 0.3) is 11.5 Å². The average Bonchev–Trinajstić information content (AvgIpc) is 2.76. The molecule has 0 saturated heterocycles. The number of hydrogen-bond donors (Lipinski definition) is 0. The Kier molecular flexibility index (Phi) is 5.20. The third-order valence-corrected chi connectivity index (χ3v) is 4.89. The van der Waals surface area contributed by atoms with Crippen molar-refractivity contribution in [1.82, 2.24) is 14.5 Å². The lowest BCUT2D eigenvalue weighted by atomic mass is 10.1. The molecule has 0 saturated carbocycles. The van der Waals surface area contributed by atoms with E-state index in [2.05, 4.69) is 4.98 Å². The third kappa shape index (κ3) is 4.09. The van der Waals surface area contributed by atoms with Gasteiger partial charge >= 0.3 is 0 Å². The van der Waals surface area contributed by atoms with E-state index in [1.54, 1.807) is 41.0 Å². The Labute approximate surface area is 168 Å². The van der Waals surface area contributed by atoms with Crippen molar-refractivity contribution in [3.8, 4) is 0 Å². The van der Waals surface area contributed by atoms with Gasteiger partial charge in [0.1, 0.15) is 0 Å². The lowest BCUT2D eigenvalue weighted by molar-refractivity contribution is 0.0785. The summed E-state index contributed by atoms with van der Waals surface area (Å²) in [5.74, 6) is -0.0371. The van der Waals surface area contributed by atoms with E-state index >= 15 is 0 Å². The number of amides is 1. The molecule has 3 aromatic carbocycles. The van der Waals surface area contributed by atoms with Crippen LogP contribution in [-0.2, 0) is 13.1 Å². The van der Waals surface area contributed by atoms with Crippen LogP contribution in [0.4, 0.5) is 0 Å². The van der Waals surface area contributed by atoms with Crippen molar-refractivity contribution in [2.75, 3.05) is 7.05 Å². The zero-order valence-corrected chi connectivity index (χ0v) is 16.2. The second-order valence-electron chi connectivity index (χ2n) is 7.04. The highest BCUT2D eigenvalue weighted by molar-refractivity contribution is 5.94. The summed E-state index contributed by atoms with van der Waals surface area (Å²) in [7, 11) is 1.80. The highest BCUT2D eigenvalue weighted by Crippen LogP contribution is 2.11. The minimum absolute atomic E-state index is 0.0371. The normalized spacial score (nSPS) is 10.8. The van der Waals surface area contributed by atoms with E-state index in [0.717, 1.165) is 11.1 Å². The number of carbonyl (C=O) groups is 1. The first-order chi connectivity index (χ1) is 14.1. The molecule has 1 aromatic heterocycles. The molecule has 0 spiro atoms. The Hall–Kier alpha value is -3.73. The number of nitrogens with zero attached hydrogens (tertiary/aromatic N) is 3. The fourth-order valence-corrected chi connectivity index (χ4v) is 3.32. The summed E-state index contributed by atoms with van der Waals surface area (Å²) in [4.78, 5) is 31.4. The second kappa shape index (κ2) is 8.10. The predicted molar refractivity (Wildman–Crippen MR) is 114 cm³/mol. The first-order valence-corrected chi connectivity index (χ1v) is 9.44. The molecule has 0 aliphatic heterocycles. The fourth-order valence-electron chi connectivity index (χ4n) is 3.32. The SMILES string of the molecule is CN(Cc1ccccc1)C(=O)c1ccc(Cn2cnc3ccccc3c2=O)cc1. The van der Waals surface area contributed by atoms with E-state index in [-0.39, 0.29) is 11.5 Å². The van der Waals surface area contributed by atoms with Crippen LogP contribution in [0, 0.1) is 0 Å². The van der Waals surface area contributed by atoms with Crippen molar-refractivity contribution in [3.05, 3.63) is 112 Å². The van der Waals surface area contributed by atoms with Gasteiger partial charge in [-0.05, 0) is 35.4 Å². The van der Waals surface area contributed by atoms with Gasteiger partial charge in [-0.3, -0.25) is 14.2 Å². The van der Waals surface area contributed by atoms with E-state index in [0.29, 0.717) is 29.6 Å². The van der Waals surface area contributed by atoms with Crippen molar-refractivity contribution < 1.29 is 4.79 Å². The molecule has 0 unspecified atom stereocenters. The molecule has 0 atom stereocenters. The van der Waals surface area contributed by atoms with Crippen molar-refractivity contribution in [2.24, 2.45) is 0 Å². The van der Waals surface area contributed by atoms with Crippen LogP contribution in [0.15, 0.2) is 90.0 Å². The standard InChI is InChI=1S/C24H21N3O2/c1-26(15-18-7-3-2-4-8-18)23(28)20-13-11-19(12-14-20)16-27-17-25-22-10-6-5-9-21(22)24(27)29/h2-14,17H,15-16H2,1H3. The number of rotatable bonds is 5. The Morgan fingerprint density at radius 2 is 1.59 bits per heavy atom. The average molecular weight is 383 g/mol. The lowest BCUT2D eigenvalue weighted by Crippen LogP contribution is -2.26. The monoisotopic (exact) mass is 383 g/mol. The van der Waals surface area contributed by atoms with E-state index in [1.807, 2.05) is 60.7 Å². The second-order valence-corrected chi connectivity index (χ2v) is 7.04. The number of carbonyl (C=O) groups excluding carboxylic acids is 1. The fraction of sp³-hybridized carbons (Fsp3) is 0.125. The molecule has 5 nitrogen and oxygen atoms in total. The van der Waals surface area contributed by atoms with Gasteiger partial charge in [-0.1, -0.05) is 54.6 Å². The van der Waals surface area contributed by atoms with E-state index in [9.17, 15) is 9.59 Å². The summed E-state index contributed by atoms with van der Waals surface area (Å²) >= 11 is 0. The number of fused-ring (bicyclic) bond motifs is 1. The van der Waals surface area contributed by atoms with Gasteiger partial charge in [-0.2, -0.15) is 0 Å². The molecule has 5 heteroatoms. The zero-order valence-electron chi connectivity index (χ0n) is 16.2. The molecule has 0 aliphatic rings. The van der Waals surface area contributed by atoms with Crippen molar-refractivity contribution in [3.63, 3.8) is 0 Å². The molecule has 0 radical (unpaired) electrons. The molecule has 0 bridgehead atoms. The van der Waals surface area contributed by atoms with Crippen LogP contribution in [0.3, 0.4) is 0 Å². The highest BCUT2D eigenvalue weighted by atomic mass is 16.2. The molecule has 4 rings (SSSR count). The van der Waals surface area contributed by atoms with Gasteiger partial charge in [-0.15, -0.1) is 0 Å². The van der Waals surface area contributed by atoms with Crippen LogP contribution < -0.4 is 5.56 Å². The Morgan fingerprint density at radius 1 is 0.897 bits per heavy atom. The number of para-hydroxylation sites is 1. The molecule has 0 fully saturated rings. The third-order valence-electron chi connectivity index (χ3n) is 4.89. The van der Waals surface area contributed by atoms with E-state index in [4.69, 9.17) is 0 Å². The summed E-state index contributed by atoms with van der Waals surface area (Å²) in [5.41, 5.74) is 3.26. The Balaban J connectivity index is 1.49. The first-order valence-electron chi connectivity index (χ1n) is 9.44. The number of benzene rings is 3. The van der Waals surface area contributed by atoms with Crippen LogP contribution in [0.2, 0.25) is 0 Å². The summed E-state index contributed by atoms with van der Waals surface area (Å²) in [6.45, 7) is 0.963. The molecular formula is C24H21N3O2. The first kappa shape index (κ1) is 18.6. The molecule has 1 heterocycles. The quantitative estimate of drug-likeness (QED) is 0.528. The molecule has 1 amide bonds. The summed E-state index contributed by atoms with van der Waals surface area (Å²) in [5, 5.41) is 0.601. The van der Waals surface area contributed by atoms with Gasteiger partial charge in [0.2, 0.25) is 0 Å². The highest BCUT2D eigenvalue weighted by Gasteiger charge is 2.12. The molecule has 0 N–H and O–H groups in total. The van der Waals surface area contributed by atoms with Crippen molar-refractivity contribution >= 4 is 16.8 Å². The molecule has 4 aromatic rings. The summed E-state index contributed by atoms with van der Waals surface area (Å²) < 4.78 is 1.58. The zero-order chi connectivity index (χ0) is 20.2. The number of hydrogen-bond acceptors (Lipinski definition) is 3. The van der Waals surface area contributed by atoms with Gasteiger partial charge < -0.3 is 4.90 Å². The molecule has 29 heavy (non-hydrogen) atoms. The van der Waals surface area contributed by atoms with Gasteiger partial charge in [-0.25, -0.2) is 4.98 Å². The summed E-state index contributed by atoms with van der Waals surface area (Å²) in [6, 6.07) is 24.6. The molecule has 0 aliphatic carbocycles. The maximum absolute atomic E-state index is 12.7. The molecule has 144 valence electrons. The topological polar surface area (TPSA) is 55.2 Å². The lowest BCUT2D eigenvalue weighted by Gasteiger charge is -2.17. The van der Waals surface area contributed by atoms with E-state index in [1.165, 1.54) is 0 Å². The van der Waals surface area contributed by atoms with E-state index < -0.39 is 0 Å². The van der Waals surface area contributed by atoms with Crippen LogP contribution in [0.25, 0.3) is 10.9 Å². The minimum Gasteiger partial charge on any atom is -0.337 e. The maximum atomic E-state index is 12.7. The Bertz CT molecular complexity index is 1200. The Morgan fingerprint density at radius 3 is 2.34 bits per heavy atom. The summed E-state index contributed by atoms with van der Waals surface area (Å²) in [6.07, 6.45) is 1.57. The smallest absolute Gasteiger partial charge is 0.261 e. The predicted octanol–water partition coefficient (Wildman–Crippen LogP) is 3.72. The van der Waals surface area contributed by atoms with Gasteiger partial charge in [0, 0.05) is 19.2 Å². The van der Waals surface area contributed by atoms with Gasteiger partial charge in [0.15, 0.2) is 0 Å². The minimum atomic E-state index is -0.0710. The van der Waals surface area contributed by atoms with Crippen LogP contribution in [0.1, 0.15) is 21.5 Å². The maximum Gasteiger partial charge on any atom is 0.261 e.